The maximum Gasteiger partial charge on any atom is 0.408 e. The zero-order valence-corrected chi connectivity index (χ0v) is 15.3. The SMILES string of the molecule is CSCCC(NC(=O)OC(C)(C)C)c1nc2cc(Cl)ccc2[nH]1. The third kappa shape index (κ3) is 5.32. The van der Waals surface area contributed by atoms with Gasteiger partial charge in [-0.2, -0.15) is 11.8 Å². The van der Waals surface area contributed by atoms with E-state index in [9.17, 15) is 4.79 Å². The summed E-state index contributed by atoms with van der Waals surface area (Å²) in [4.78, 5) is 19.9. The van der Waals surface area contributed by atoms with Gasteiger partial charge >= 0.3 is 6.09 Å². The third-order valence-electron chi connectivity index (χ3n) is 3.10. The fourth-order valence-corrected chi connectivity index (χ4v) is 2.76. The van der Waals surface area contributed by atoms with Crippen molar-refractivity contribution < 1.29 is 9.53 Å². The molecule has 1 unspecified atom stereocenters. The molecule has 0 radical (unpaired) electrons. The number of ether oxygens (including phenoxy) is 1. The summed E-state index contributed by atoms with van der Waals surface area (Å²) < 4.78 is 5.34. The van der Waals surface area contributed by atoms with Crippen molar-refractivity contribution in [2.24, 2.45) is 0 Å². The van der Waals surface area contributed by atoms with E-state index in [-0.39, 0.29) is 6.04 Å². The van der Waals surface area contributed by atoms with Gasteiger partial charge in [-0.15, -0.1) is 0 Å². The maximum absolute atomic E-state index is 12.1. The molecule has 0 aliphatic rings. The van der Waals surface area contributed by atoms with Gasteiger partial charge in [0, 0.05) is 5.02 Å². The van der Waals surface area contributed by atoms with Crippen LogP contribution >= 0.6 is 23.4 Å². The summed E-state index contributed by atoms with van der Waals surface area (Å²) in [5, 5.41) is 3.53. The Morgan fingerprint density at radius 2 is 2.22 bits per heavy atom. The number of imidazole rings is 1. The fourth-order valence-electron chi connectivity index (χ4n) is 2.13. The Bertz CT molecular complexity index is 682. The number of amides is 1. The van der Waals surface area contributed by atoms with Gasteiger partial charge in [0.15, 0.2) is 0 Å². The highest BCUT2D eigenvalue weighted by molar-refractivity contribution is 7.98. The van der Waals surface area contributed by atoms with E-state index in [2.05, 4.69) is 15.3 Å². The van der Waals surface area contributed by atoms with E-state index in [1.165, 1.54) is 0 Å². The molecule has 1 aromatic carbocycles. The van der Waals surface area contributed by atoms with Crippen LogP contribution in [-0.4, -0.2) is 33.7 Å². The number of hydrogen-bond donors (Lipinski definition) is 2. The van der Waals surface area contributed by atoms with Crippen molar-refractivity contribution in [2.75, 3.05) is 12.0 Å². The normalized spacial score (nSPS) is 13.1. The van der Waals surface area contributed by atoms with E-state index in [1.807, 2.05) is 39.2 Å². The second-order valence-electron chi connectivity index (χ2n) is 6.26. The van der Waals surface area contributed by atoms with E-state index in [1.54, 1.807) is 17.8 Å². The van der Waals surface area contributed by atoms with Crippen molar-refractivity contribution in [1.82, 2.24) is 15.3 Å². The first-order valence-corrected chi connectivity index (χ1v) is 9.19. The molecule has 0 aliphatic heterocycles. The second-order valence-corrected chi connectivity index (χ2v) is 7.69. The standard InChI is InChI=1S/C16H22ClN3O2S/c1-16(2,3)22-15(21)20-12(7-8-23-4)14-18-11-6-5-10(17)9-13(11)19-14/h5-6,9,12H,7-8H2,1-4H3,(H,18,19)(H,20,21). The van der Waals surface area contributed by atoms with E-state index >= 15 is 0 Å². The van der Waals surface area contributed by atoms with E-state index < -0.39 is 11.7 Å². The number of thioether (sulfide) groups is 1. The number of H-pyrrole nitrogens is 1. The number of fused-ring (bicyclic) bond motifs is 1. The van der Waals surface area contributed by atoms with Gasteiger partial charge in [-0.25, -0.2) is 9.78 Å². The molecule has 0 aliphatic carbocycles. The van der Waals surface area contributed by atoms with E-state index in [0.29, 0.717) is 10.8 Å². The lowest BCUT2D eigenvalue weighted by atomic mass is 10.2. The summed E-state index contributed by atoms with van der Waals surface area (Å²) in [7, 11) is 0. The summed E-state index contributed by atoms with van der Waals surface area (Å²) in [5.74, 6) is 1.61. The fraction of sp³-hybridized carbons (Fsp3) is 0.500. The number of halogens is 1. The van der Waals surface area contributed by atoms with E-state index in [0.717, 1.165) is 23.2 Å². The molecule has 2 aromatic rings. The lowest BCUT2D eigenvalue weighted by molar-refractivity contribution is 0.0500. The van der Waals surface area contributed by atoms with Crippen molar-refractivity contribution in [3.63, 3.8) is 0 Å². The van der Waals surface area contributed by atoms with Crippen LogP contribution < -0.4 is 5.32 Å². The molecule has 1 amide bonds. The molecule has 1 heterocycles. The zero-order chi connectivity index (χ0) is 17.0. The Hall–Kier alpha value is -1.40. The molecule has 0 bridgehead atoms. The topological polar surface area (TPSA) is 67.0 Å². The number of benzene rings is 1. The quantitative estimate of drug-likeness (QED) is 0.826. The minimum Gasteiger partial charge on any atom is -0.444 e. The average Bonchev–Trinajstić information content (AvgIpc) is 2.84. The van der Waals surface area contributed by atoms with Gasteiger partial charge in [-0.05, 0) is 57.4 Å². The zero-order valence-electron chi connectivity index (χ0n) is 13.8. The molecule has 2 rings (SSSR count). The summed E-state index contributed by atoms with van der Waals surface area (Å²) in [5.41, 5.74) is 1.15. The molecule has 126 valence electrons. The van der Waals surface area contributed by atoms with Crippen LogP contribution in [0.1, 0.15) is 39.1 Å². The Balaban J connectivity index is 2.20. The molecule has 0 saturated heterocycles. The van der Waals surface area contributed by atoms with Gasteiger partial charge in [-0.3, -0.25) is 0 Å². The van der Waals surface area contributed by atoms with Crippen molar-refractivity contribution in [3.8, 4) is 0 Å². The lowest BCUT2D eigenvalue weighted by Gasteiger charge is -2.22. The lowest BCUT2D eigenvalue weighted by Crippen LogP contribution is -2.35. The van der Waals surface area contributed by atoms with Gasteiger partial charge in [-0.1, -0.05) is 11.6 Å². The molecule has 1 atom stereocenters. The second kappa shape index (κ2) is 7.45. The van der Waals surface area contributed by atoms with Crippen LogP contribution in [-0.2, 0) is 4.74 Å². The van der Waals surface area contributed by atoms with Crippen LogP contribution in [0.2, 0.25) is 5.02 Å². The molecule has 1 aromatic heterocycles. The van der Waals surface area contributed by atoms with Crippen LogP contribution in [0, 0.1) is 0 Å². The number of carbonyl (C=O) groups is 1. The van der Waals surface area contributed by atoms with Crippen molar-refractivity contribution in [3.05, 3.63) is 29.0 Å². The number of carbonyl (C=O) groups excluding carboxylic acids is 1. The summed E-state index contributed by atoms with van der Waals surface area (Å²) in [6.45, 7) is 5.52. The number of aromatic amines is 1. The summed E-state index contributed by atoms with van der Waals surface area (Å²) in [6, 6.07) is 5.26. The predicted octanol–water partition coefficient (Wildman–Crippen LogP) is 4.54. The van der Waals surface area contributed by atoms with Crippen LogP contribution in [0.15, 0.2) is 18.2 Å². The van der Waals surface area contributed by atoms with Crippen LogP contribution in [0.4, 0.5) is 4.79 Å². The Labute approximate surface area is 145 Å². The highest BCUT2D eigenvalue weighted by atomic mass is 35.5. The van der Waals surface area contributed by atoms with Gasteiger partial charge in [0.2, 0.25) is 0 Å². The van der Waals surface area contributed by atoms with Crippen molar-refractivity contribution >= 4 is 40.5 Å². The minimum absolute atomic E-state index is 0.233. The predicted molar refractivity (Wildman–Crippen MR) is 96.2 cm³/mol. The maximum atomic E-state index is 12.1. The summed E-state index contributed by atoms with van der Waals surface area (Å²) >= 11 is 7.72. The highest BCUT2D eigenvalue weighted by Crippen LogP contribution is 2.23. The minimum atomic E-state index is -0.532. The highest BCUT2D eigenvalue weighted by Gasteiger charge is 2.22. The average molecular weight is 356 g/mol. The largest absolute Gasteiger partial charge is 0.444 e. The van der Waals surface area contributed by atoms with Crippen molar-refractivity contribution in [2.45, 2.75) is 38.8 Å². The molecule has 0 saturated carbocycles. The Kier molecular flexibility index (Phi) is 5.81. The number of nitrogens with zero attached hydrogens (tertiary/aromatic N) is 1. The Morgan fingerprint density at radius 1 is 1.48 bits per heavy atom. The number of rotatable bonds is 5. The number of aromatic nitrogens is 2. The third-order valence-corrected chi connectivity index (χ3v) is 3.97. The molecule has 0 spiro atoms. The molecule has 5 nitrogen and oxygen atoms in total. The first kappa shape index (κ1) is 17.9. The molecule has 23 heavy (non-hydrogen) atoms. The van der Waals surface area contributed by atoms with Gasteiger partial charge in [0.25, 0.3) is 0 Å². The number of alkyl carbamates (subject to hydrolysis) is 1. The molecule has 7 heteroatoms. The first-order chi connectivity index (χ1) is 10.8. The monoisotopic (exact) mass is 355 g/mol. The van der Waals surface area contributed by atoms with Gasteiger partial charge in [0.1, 0.15) is 11.4 Å². The molecular formula is C16H22ClN3O2S. The van der Waals surface area contributed by atoms with Gasteiger partial charge in [0.05, 0.1) is 17.1 Å². The molecular weight excluding hydrogens is 334 g/mol. The number of hydrogen-bond acceptors (Lipinski definition) is 4. The molecule has 2 N–H and O–H groups in total. The Morgan fingerprint density at radius 3 is 2.87 bits per heavy atom. The summed E-state index contributed by atoms with van der Waals surface area (Å²) in [6.07, 6.45) is 2.35. The number of nitrogens with one attached hydrogen (secondary N) is 2. The van der Waals surface area contributed by atoms with Crippen LogP contribution in [0.3, 0.4) is 0 Å². The smallest absolute Gasteiger partial charge is 0.408 e. The van der Waals surface area contributed by atoms with Crippen molar-refractivity contribution in [1.29, 1.82) is 0 Å². The first-order valence-electron chi connectivity index (χ1n) is 7.42. The van der Waals surface area contributed by atoms with E-state index in [4.69, 9.17) is 16.3 Å². The van der Waals surface area contributed by atoms with Gasteiger partial charge < -0.3 is 15.0 Å². The molecule has 0 fully saturated rings. The van der Waals surface area contributed by atoms with Crippen LogP contribution in [0.5, 0.6) is 0 Å². The van der Waals surface area contributed by atoms with Crippen LogP contribution in [0.25, 0.3) is 11.0 Å².